The monoisotopic (exact) mass is 386 g/mol. The molecule has 2 rings (SSSR count). The number of carbonyl (C=O) groups is 1. The third kappa shape index (κ3) is 4.80. The van der Waals surface area contributed by atoms with E-state index in [0.29, 0.717) is 12.2 Å². The number of hydrazone groups is 1. The quantitative estimate of drug-likeness (QED) is 0.805. The Labute approximate surface area is 156 Å². The van der Waals surface area contributed by atoms with E-state index in [9.17, 15) is 23.1 Å². The SMILES string of the molecule is Cc1ccc(OCC(=O)N2N=C(CCC(C)C)C[C@]2(O)C(F)(F)F)cc1C. The van der Waals surface area contributed by atoms with Gasteiger partial charge in [0.1, 0.15) is 5.75 Å². The van der Waals surface area contributed by atoms with Gasteiger partial charge >= 0.3 is 6.18 Å². The number of hydrogen-bond donors (Lipinski definition) is 1. The molecule has 1 aliphatic rings. The number of amides is 1. The molecule has 0 fully saturated rings. The molecule has 0 bridgehead atoms. The summed E-state index contributed by atoms with van der Waals surface area (Å²) in [5.74, 6) is -0.414. The van der Waals surface area contributed by atoms with Crippen molar-refractivity contribution >= 4 is 11.6 Å². The number of aliphatic hydroxyl groups is 1. The summed E-state index contributed by atoms with van der Waals surface area (Å²) in [6.07, 6.45) is -4.85. The van der Waals surface area contributed by atoms with Crippen molar-refractivity contribution in [3.05, 3.63) is 29.3 Å². The molecule has 0 spiro atoms. The first-order chi connectivity index (χ1) is 12.4. The first-order valence-electron chi connectivity index (χ1n) is 8.82. The lowest BCUT2D eigenvalue weighted by Gasteiger charge is -2.32. The van der Waals surface area contributed by atoms with Crippen LogP contribution in [0.1, 0.15) is 44.2 Å². The van der Waals surface area contributed by atoms with Gasteiger partial charge in [-0.05, 0) is 55.9 Å². The normalized spacial score (nSPS) is 20.2. The molecule has 0 aromatic heterocycles. The van der Waals surface area contributed by atoms with Crippen LogP contribution in [0.15, 0.2) is 23.3 Å². The molecule has 0 saturated heterocycles. The van der Waals surface area contributed by atoms with Gasteiger partial charge in [-0.1, -0.05) is 19.9 Å². The molecule has 0 aliphatic carbocycles. The number of hydrogen-bond acceptors (Lipinski definition) is 4. The Morgan fingerprint density at radius 3 is 2.56 bits per heavy atom. The van der Waals surface area contributed by atoms with E-state index in [4.69, 9.17) is 4.74 Å². The molecule has 1 atom stereocenters. The van der Waals surface area contributed by atoms with E-state index >= 15 is 0 Å². The van der Waals surface area contributed by atoms with Crippen LogP contribution in [-0.2, 0) is 4.79 Å². The number of nitrogens with zero attached hydrogens (tertiary/aromatic N) is 2. The van der Waals surface area contributed by atoms with Crippen LogP contribution in [0.25, 0.3) is 0 Å². The molecule has 150 valence electrons. The standard InChI is InChI=1S/C19H25F3N2O3/c1-12(2)5-7-15-10-18(26,19(20,21)22)24(23-15)17(25)11-27-16-8-6-13(3)14(4)9-16/h6,8-9,12,26H,5,7,10-11H2,1-4H3/t18-/m0/s1. The third-order valence-electron chi connectivity index (χ3n) is 4.58. The molecule has 1 aliphatic heterocycles. The Kier molecular flexibility index (Phi) is 6.19. The molecular weight excluding hydrogens is 361 g/mol. The van der Waals surface area contributed by atoms with Crippen LogP contribution in [0.4, 0.5) is 13.2 Å². The minimum absolute atomic E-state index is 0.129. The van der Waals surface area contributed by atoms with E-state index < -0.39 is 30.8 Å². The van der Waals surface area contributed by atoms with Crippen molar-refractivity contribution in [1.82, 2.24) is 5.01 Å². The molecule has 1 amide bonds. The van der Waals surface area contributed by atoms with Crippen molar-refractivity contribution in [2.45, 2.75) is 58.9 Å². The topological polar surface area (TPSA) is 62.1 Å². The lowest BCUT2D eigenvalue weighted by atomic mass is 9.99. The zero-order valence-electron chi connectivity index (χ0n) is 15.9. The zero-order valence-corrected chi connectivity index (χ0v) is 15.9. The molecule has 27 heavy (non-hydrogen) atoms. The second-order valence-electron chi connectivity index (χ2n) is 7.33. The van der Waals surface area contributed by atoms with Gasteiger partial charge in [0.25, 0.3) is 11.6 Å². The molecule has 0 saturated carbocycles. The zero-order chi connectivity index (χ0) is 20.4. The fraction of sp³-hybridized carbons (Fsp3) is 0.579. The van der Waals surface area contributed by atoms with Crippen molar-refractivity contribution in [1.29, 1.82) is 0 Å². The average Bonchev–Trinajstić information content (AvgIpc) is 2.92. The molecule has 8 heteroatoms. The number of benzene rings is 1. The highest BCUT2D eigenvalue weighted by Crippen LogP contribution is 2.41. The highest BCUT2D eigenvalue weighted by Gasteiger charge is 2.63. The first kappa shape index (κ1) is 21.2. The van der Waals surface area contributed by atoms with Gasteiger partial charge in [0.05, 0.1) is 0 Å². The lowest BCUT2D eigenvalue weighted by molar-refractivity contribution is -0.302. The van der Waals surface area contributed by atoms with Crippen molar-refractivity contribution in [2.75, 3.05) is 6.61 Å². The summed E-state index contributed by atoms with van der Waals surface area (Å²) < 4.78 is 45.6. The van der Waals surface area contributed by atoms with Crippen molar-refractivity contribution < 1.29 is 27.8 Å². The van der Waals surface area contributed by atoms with E-state index in [1.165, 1.54) is 0 Å². The molecule has 1 N–H and O–H groups in total. The summed E-state index contributed by atoms with van der Waals surface area (Å²) >= 11 is 0. The van der Waals surface area contributed by atoms with E-state index in [2.05, 4.69) is 5.10 Å². The molecule has 5 nitrogen and oxygen atoms in total. The van der Waals surface area contributed by atoms with E-state index in [1.807, 2.05) is 27.7 Å². The van der Waals surface area contributed by atoms with Gasteiger partial charge in [0, 0.05) is 12.1 Å². The van der Waals surface area contributed by atoms with Crippen molar-refractivity contribution in [3.63, 3.8) is 0 Å². The maximum absolute atomic E-state index is 13.4. The largest absolute Gasteiger partial charge is 0.484 e. The number of carbonyl (C=O) groups excluding carboxylic acids is 1. The van der Waals surface area contributed by atoms with Gasteiger partial charge in [-0.3, -0.25) is 4.79 Å². The molecule has 0 radical (unpaired) electrons. The Balaban J connectivity index is 2.14. The second kappa shape index (κ2) is 7.88. The second-order valence-corrected chi connectivity index (χ2v) is 7.33. The van der Waals surface area contributed by atoms with Gasteiger partial charge in [-0.2, -0.15) is 23.3 Å². The van der Waals surface area contributed by atoms with E-state index in [-0.39, 0.29) is 23.1 Å². The maximum Gasteiger partial charge on any atom is 0.438 e. The van der Waals surface area contributed by atoms with Crippen LogP contribution in [0.3, 0.4) is 0 Å². The van der Waals surface area contributed by atoms with Gasteiger partial charge in [-0.15, -0.1) is 0 Å². The van der Waals surface area contributed by atoms with Crippen LogP contribution >= 0.6 is 0 Å². The number of aryl methyl sites for hydroxylation is 2. The van der Waals surface area contributed by atoms with Gasteiger partial charge < -0.3 is 9.84 Å². The minimum Gasteiger partial charge on any atom is -0.484 e. The Morgan fingerprint density at radius 1 is 1.33 bits per heavy atom. The Morgan fingerprint density at radius 2 is 2.00 bits per heavy atom. The maximum atomic E-state index is 13.4. The molecule has 1 aromatic carbocycles. The summed E-state index contributed by atoms with van der Waals surface area (Å²) in [7, 11) is 0. The van der Waals surface area contributed by atoms with Crippen molar-refractivity contribution in [3.8, 4) is 5.75 Å². The number of rotatable bonds is 6. The van der Waals surface area contributed by atoms with Gasteiger partial charge in [0.15, 0.2) is 6.61 Å². The predicted molar refractivity (Wildman–Crippen MR) is 95.4 cm³/mol. The predicted octanol–water partition coefficient (Wildman–Crippen LogP) is 3.96. The van der Waals surface area contributed by atoms with Crippen LogP contribution in [0, 0.1) is 19.8 Å². The molecule has 1 aromatic rings. The van der Waals surface area contributed by atoms with Crippen LogP contribution < -0.4 is 4.74 Å². The Hall–Kier alpha value is -2.09. The Bertz CT molecular complexity index is 731. The number of halogens is 3. The third-order valence-corrected chi connectivity index (χ3v) is 4.58. The summed E-state index contributed by atoms with van der Waals surface area (Å²) in [6.45, 7) is 6.99. The summed E-state index contributed by atoms with van der Waals surface area (Å²) in [5, 5.41) is 14.1. The van der Waals surface area contributed by atoms with Gasteiger partial charge in [-0.25, -0.2) is 0 Å². The average molecular weight is 386 g/mol. The first-order valence-corrected chi connectivity index (χ1v) is 8.82. The van der Waals surface area contributed by atoms with E-state index in [0.717, 1.165) is 11.1 Å². The lowest BCUT2D eigenvalue weighted by Crippen LogP contribution is -2.57. The van der Waals surface area contributed by atoms with Gasteiger partial charge in [0.2, 0.25) is 0 Å². The van der Waals surface area contributed by atoms with E-state index in [1.54, 1.807) is 18.2 Å². The number of alkyl halides is 3. The highest BCUT2D eigenvalue weighted by atomic mass is 19.4. The fourth-order valence-electron chi connectivity index (χ4n) is 2.70. The van der Waals surface area contributed by atoms with Crippen LogP contribution in [0.2, 0.25) is 0 Å². The highest BCUT2D eigenvalue weighted by molar-refractivity contribution is 5.91. The molecular formula is C19H25F3N2O3. The van der Waals surface area contributed by atoms with Crippen molar-refractivity contribution in [2.24, 2.45) is 11.0 Å². The minimum atomic E-state index is -5.02. The summed E-state index contributed by atoms with van der Waals surface area (Å²) in [6, 6.07) is 5.12. The van der Waals surface area contributed by atoms with Crippen LogP contribution in [0.5, 0.6) is 5.75 Å². The summed E-state index contributed by atoms with van der Waals surface area (Å²) in [4.78, 5) is 12.4. The fourth-order valence-corrected chi connectivity index (χ4v) is 2.70. The summed E-state index contributed by atoms with van der Waals surface area (Å²) in [5.41, 5.74) is -1.22. The smallest absolute Gasteiger partial charge is 0.438 e. The number of ether oxygens (including phenoxy) is 1. The molecule has 0 unspecified atom stereocenters. The van der Waals surface area contributed by atoms with Crippen LogP contribution in [-0.4, -0.2) is 40.2 Å². The molecule has 1 heterocycles.